The van der Waals surface area contributed by atoms with E-state index in [2.05, 4.69) is 0 Å². The number of nitriles is 1. The molecule has 0 spiro atoms. The molecule has 1 heterocycles. The quantitative estimate of drug-likeness (QED) is 0.831. The summed E-state index contributed by atoms with van der Waals surface area (Å²) in [6, 6.07) is 6.43. The molecule has 1 saturated heterocycles. The molecule has 0 aromatic heterocycles. The molecular weight excluding hydrogens is 288 g/mol. The summed E-state index contributed by atoms with van der Waals surface area (Å²) in [4.78, 5) is 2.12. The third kappa shape index (κ3) is 2.88. The molecule has 6 nitrogen and oxygen atoms in total. The number of anilines is 1. The predicted octanol–water partition coefficient (Wildman–Crippen LogP) is 0.711. The van der Waals surface area contributed by atoms with E-state index in [1.807, 2.05) is 32.0 Å². The van der Waals surface area contributed by atoms with Gasteiger partial charge in [0.25, 0.3) is 0 Å². The Morgan fingerprint density at radius 3 is 2.52 bits per heavy atom. The zero-order valence-electron chi connectivity index (χ0n) is 12.4. The number of nitrogens with two attached hydrogens (primary N) is 1. The van der Waals surface area contributed by atoms with Crippen LogP contribution in [-0.4, -0.2) is 50.8 Å². The van der Waals surface area contributed by atoms with Crippen LogP contribution in [0.15, 0.2) is 23.1 Å². The zero-order chi connectivity index (χ0) is 15.8. The number of rotatable bonds is 3. The Kier molecular flexibility index (Phi) is 4.23. The lowest BCUT2D eigenvalue weighted by Crippen LogP contribution is -2.36. The molecule has 21 heavy (non-hydrogen) atoms. The molecule has 0 saturated carbocycles. The lowest BCUT2D eigenvalue weighted by atomic mass is 10.1. The number of benzene rings is 1. The average molecular weight is 308 g/mol. The van der Waals surface area contributed by atoms with Crippen LogP contribution < -0.4 is 5.73 Å². The molecule has 114 valence electrons. The first-order valence-corrected chi connectivity index (χ1v) is 8.17. The van der Waals surface area contributed by atoms with E-state index in [1.165, 1.54) is 22.5 Å². The monoisotopic (exact) mass is 308 g/mol. The molecule has 1 aromatic rings. The van der Waals surface area contributed by atoms with Gasteiger partial charge in [-0.25, -0.2) is 8.42 Å². The van der Waals surface area contributed by atoms with Crippen LogP contribution in [-0.2, 0) is 10.0 Å². The second-order valence-corrected chi connectivity index (χ2v) is 7.60. The van der Waals surface area contributed by atoms with Gasteiger partial charge in [0.15, 0.2) is 0 Å². The van der Waals surface area contributed by atoms with Crippen LogP contribution in [0.5, 0.6) is 0 Å². The number of hydrogen-bond acceptors (Lipinski definition) is 5. The van der Waals surface area contributed by atoms with Gasteiger partial charge < -0.3 is 10.6 Å². The fourth-order valence-corrected chi connectivity index (χ4v) is 4.42. The number of likely N-dealkylation sites (N-methyl/N-ethyl adjacent to an activating group) is 1. The van der Waals surface area contributed by atoms with Crippen molar-refractivity contribution in [3.05, 3.63) is 23.8 Å². The summed E-state index contributed by atoms with van der Waals surface area (Å²) >= 11 is 0. The summed E-state index contributed by atoms with van der Waals surface area (Å²) < 4.78 is 26.9. The SMILES string of the molecule is CC1CN(S(=O)(=O)c2ccc(C#N)cc2N)CC1N(C)C. The molecule has 1 aliphatic rings. The summed E-state index contributed by atoms with van der Waals surface area (Å²) in [5.41, 5.74) is 6.29. The maximum atomic E-state index is 12.7. The van der Waals surface area contributed by atoms with E-state index in [9.17, 15) is 8.42 Å². The standard InChI is InChI=1S/C14H20N4O2S/c1-10-8-18(9-13(10)17(2)3)21(19,20)14-5-4-11(7-15)6-12(14)16/h4-6,10,13H,8-9,16H2,1-3H3. The molecule has 0 aliphatic carbocycles. The summed E-state index contributed by atoms with van der Waals surface area (Å²) in [7, 11) is 0.282. The van der Waals surface area contributed by atoms with Gasteiger partial charge in [-0.3, -0.25) is 0 Å². The molecule has 2 unspecified atom stereocenters. The van der Waals surface area contributed by atoms with Crippen molar-refractivity contribution < 1.29 is 8.42 Å². The van der Waals surface area contributed by atoms with Crippen LogP contribution >= 0.6 is 0 Å². The number of nitrogen functional groups attached to an aromatic ring is 1. The summed E-state index contributed by atoms with van der Waals surface area (Å²) in [5.74, 6) is 0.259. The number of hydrogen-bond donors (Lipinski definition) is 1. The molecule has 1 aromatic carbocycles. The van der Waals surface area contributed by atoms with Crippen LogP contribution in [0.1, 0.15) is 12.5 Å². The topological polar surface area (TPSA) is 90.4 Å². The third-order valence-electron chi connectivity index (χ3n) is 3.96. The summed E-state index contributed by atoms with van der Waals surface area (Å²) in [5, 5.41) is 8.83. The fourth-order valence-electron chi connectivity index (χ4n) is 2.77. The van der Waals surface area contributed by atoms with Crippen molar-refractivity contribution in [1.29, 1.82) is 5.26 Å². The van der Waals surface area contributed by atoms with Gasteiger partial charge in [-0.2, -0.15) is 9.57 Å². The molecule has 1 fully saturated rings. The highest BCUT2D eigenvalue weighted by Gasteiger charge is 2.38. The van der Waals surface area contributed by atoms with Crippen LogP contribution in [0, 0.1) is 17.2 Å². The Labute approximate surface area is 125 Å². The largest absolute Gasteiger partial charge is 0.398 e. The van der Waals surface area contributed by atoms with Crippen molar-refractivity contribution in [3.63, 3.8) is 0 Å². The highest BCUT2D eigenvalue weighted by Crippen LogP contribution is 2.29. The van der Waals surface area contributed by atoms with Crippen LogP contribution in [0.3, 0.4) is 0 Å². The lowest BCUT2D eigenvalue weighted by molar-refractivity contribution is 0.263. The Morgan fingerprint density at radius 1 is 1.38 bits per heavy atom. The lowest BCUT2D eigenvalue weighted by Gasteiger charge is -2.22. The molecule has 0 bridgehead atoms. The molecule has 1 aliphatic heterocycles. The molecule has 2 atom stereocenters. The minimum atomic E-state index is -3.62. The van der Waals surface area contributed by atoms with Crippen molar-refractivity contribution in [1.82, 2.24) is 9.21 Å². The van der Waals surface area contributed by atoms with Gasteiger partial charge in [-0.1, -0.05) is 6.92 Å². The second-order valence-electron chi connectivity index (χ2n) is 5.69. The zero-order valence-corrected chi connectivity index (χ0v) is 13.3. The summed E-state index contributed by atoms with van der Waals surface area (Å²) in [6.07, 6.45) is 0. The van der Waals surface area contributed by atoms with Gasteiger partial charge in [0.05, 0.1) is 17.3 Å². The van der Waals surface area contributed by atoms with Crippen LogP contribution in [0.4, 0.5) is 5.69 Å². The average Bonchev–Trinajstić information content (AvgIpc) is 2.81. The van der Waals surface area contributed by atoms with Gasteiger partial charge >= 0.3 is 0 Å². The maximum Gasteiger partial charge on any atom is 0.245 e. The fraction of sp³-hybridized carbons (Fsp3) is 0.500. The Bertz CT molecular complexity index is 679. The van der Waals surface area contributed by atoms with Crippen molar-refractivity contribution in [2.45, 2.75) is 17.9 Å². The Morgan fingerprint density at radius 2 is 2.05 bits per heavy atom. The molecule has 2 rings (SSSR count). The van der Waals surface area contributed by atoms with E-state index in [1.54, 1.807) is 0 Å². The van der Waals surface area contributed by atoms with Gasteiger partial charge in [-0.05, 0) is 38.2 Å². The third-order valence-corrected chi connectivity index (χ3v) is 5.86. The predicted molar refractivity (Wildman–Crippen MR) is 81.0 cm³/mol. The summed E-state index contributed by atoms with van der Waals surface area (Å²) in [6.45, 7) is 2.98. The number of nitrogens with zero attached hydrogens (tertiary/aromatic N) is 3. The van der Waals surface area contributed by atoms with E-state index in [4.69, 9.17) is 11.0 Å². The first-order chi connectivity index (χ1) is 9.77. The normalized spacial score (nSPS) is 23.4. The Hall–Kier alpha value is -1.62. The minimum absolute atomic E-state index is 0.0770. The minimum Gasteiger partial charge on any atom is -0.398 e. The van der Waals surface area contributed by atoms with E-state index < -0.39 is 10.0 Å². The molecular formula is C14H20N4O2S. The Balaban J connectivity index is 2.34. The van der Waals surface area contributed by atoms with Crippen LogP contribution in [0.2, 0.25) is 0 Å². The van der Waals surface area contributed by atoms with Gasteiger partial charge in [-0.15, -0.1) is 0 Å². The van der Waals surface area contributed by atoms with Crippen molar-refractivity contribution in [2.24, 2.45) is 5.92 Å². The van der Waals surface area contributed by atoms with Gasteiger partial charge in [0.1, 0.15) is 4.90 Å². The molecule has 0 radical (unpaired) electrons. The smallest absolute Gasteiger partial charge is 0.245 e. The molecule has 2 N–H and O–H groups in total. The van der Waals surface area contributed by atoms with Crippen LogP contribution in [0.25, 0.3) is 0 Å². The maximum absolute atomic E-state index is 12.7. The van der Waals surface area contributed by atoms with E-state index >= 15 is 0 Å². The first-order valence-electron chi connectivity index (χ1n) is 6.73. The second kappa shape index (κ2) is 5.64. The highest BCUT2D eigenvalue weighted by atomic mass is 32.2. The van der Waals surface area contributed by atoms with Crippen molar-refractivity contribution in [2.75, 3.05) is 32.9 Å². The first kappa shape index (κ1) is 15.8. The van der Waals surface area contributed by atoms with E-state index in [0.717, 1.165) is 0 Å². The van der Waals surface area contributed by atoms with Gasteiger partial charge in [0, 0.05) is 19.1 Å². The molecule has 7 heteroatoms. The van der Waals surface area contributed by atoms with E-state index in [0.29, 0.717) is 18.7 Å². The number of sulfonamides is 1. The highest BCUT2D eigenvalue weighted by molar-refractivity contribution is 7.89. The van der Waals surface area contributed by atoms with Gasteiger partial charge in [0.2, 0.25) is 10.0 Å². The van der Waals surface area contributed by atoms with E-state index in [-0.39, 0.29) is 22.5 Å². The van der Waals surface area contributed by atoms with Crippen molar-refractivity contribution >= 4 is 15.7 Å². The van der Waals surface area contributed by atoms with Crippen molar-refractivity contribution in [3.8, 4) is 6.07 Å². The molecule has 0 amide bonds.